The lowest BCUT2D eigenvalue weighted by molar-refractivity contribution is -0.670. The molecule has 0 spiro atoms. The van der Waals surface area contributed by atoms with Crippen molar-refractivity contribution in [3.05, 3.63) is 53.6 Å². The van der Waals surface area contributed by atoms with Gasteiger partial charge in [0.25, 0.3) is 0 Å². The van der Waals surface area contributed by atoms with E-state index in [0.29, 0.717) is 13.4 Å². The first-order chi connectivity index (χ1) is 10.8. The number of ether oxygens (including phenoxy) is 3. The molecule has 0 aliphatic carbocycles. The summed E-state index contributed by atoms with van der Waals surface area (Å²) in [6.45, 7) is 5.07. The highest BCUT2D eigenvalue weighted by molar-refractivity contribution is 5.44. The Morgan fingerprint density at radius 2 is 1.77 bits per heavy atom. The molecular weight excluding hydrogens is 278 g/mol. The van der Waals surface area contributed by atoms with E-state index in [1.165, 1.54) is 11.1 Å². The van der Waals surface area contributed by atoms with E-state index < -0.39 is 0 Å². The minimum absolute atomic E-state index is 0.336. The normalized spacial score (nSPS) is 12.4. The number of fused-ring (bicyclic) bond motifs is 1. The summed E-state index contributed by atoms with van der Waals surface area (Å²) in [5.74, 6) is 2.65. The molecular formula is C18H22NO3+. The molecule has 0 bridgehead atoms. The van der Waals surface area contributed by atoms with Gasteiger partial charge in [0.1, 0.15) is 12.3 Å². The second-order valence-corrected chi connectivity index (χ2v) is 5.30. The molecule has 4 heteroatoms. The summed E-state index contributed by atoms with van der Waals surface area (Å²) in [6.07, 6.45) is 1.02. The Kier molecular flexibility index (Phi) is 4.81. The summed E-state index contributed by atoms with van der Waals surface area (Å²) in [5, 5.41) is 2.32. The minimum atomic E-state index is 0.336. The minimum Gasteiger partial charge on any atom is -0.494 e. The van der Waals surface area contributed by atoms with Crippen molar-refractivity contribution in [1.82, 2.24) is 0 Å². The van der Waals surface area contributed by atoms with Crippen LogP contribution in [0.5, 0.6) is 17.2 Å². The molecule has 0 amide bonds. The van der Waals surface area contributed by atoms with Gasteiger partial charge in [0.15, 0.2) is 11.5 Å². The number of rotatable bonds is 7. The smallest absolute Gasteiger partial charge is 0.231 e. The predicted molar refractivity (Wildman–Crippen MR) is 84.4 cm³/mol. The summed E-state index contributed by atoms with van der Waals surface area (Å²) in [7, 11) is 0. The molecule has 22 heavy (non-hydrogen) atoms. The lowest BCUT2D eigenvalue weighted by Gasteiger charge is -2.05. The summed E-state index contributed by atoms with van der Waals surface area (Å²) in [5.41, 5.74) is 2.60. The van der Waals surface area contributed by atoms with Crippen molar-refractivity contribution in [3.63, 3.8) is 0 Å². The molecule has 116 valence electrons. The maximum atomic E-state index is 5.45. The van der Waals surface area contributed by atoms with Gasteiger partial charge in [0, 0.05) is 12.0 Å². The SMILES string of the molecule is CCOc1ccc(C[NH2+]CCc2ccc3c(c2)OCO3)cc1. The van der Waals surface area contributed by atoms with Gasteiger partial charge in [-0.05, 0) is 48.9 Å². The maximum Gasteiger partial charge on any atom is 0.231 e. The molecule has 0 unspecified atom stereocenters. The molecule has 1 heterocycles. The average Bonchev–Trinajstić information content (AvgIpc) is 3.01. The van der Waals surface area contributed by atoms with Gasteiger partial charge in [-0.1, -0.05) is 6.07 Å². The molecule has 4 nitrogen and oxygen atoms in total. The predicted octanol–water partition coefficient (Wildman–Crippen LogP) is 2.12. The molecule has 0 radical (unpaired) electrons. The maximum absolute atomic E-state index is 5.45. The standard InChI is InChI=1S/C18H21NO3/c1-2-20-16-6-3-15(4-7-16)12-19-10-9-14-5-8-17-18(11-14)22-13-21-17/h3-8,11,19H,2,9-10,12-13H2,1H3/p+1. The Labute approximate surface area is 131 Å². The lowest BCUT2D eigenvalue weighted by atomic mass is 10.1. The van der Waals surface area contributed by atoms with Crippen molar-refractivity contribution >= 4 is 0 Å². The van der Waals surface area contributed by atoms with Gasteiger partial charge >= 0.3 is 0 Å². The topological polar surface area (TPSA) is 44.3 Å². The van der Waals surface area contributed by atoms with Crippen LogP contribution in [0.1, 0.15) is 18.1 Å². The van der Waals surface area contributed by atoms with Gasteiger partial charge in [-0.3, -0.25) is 0 Å². The van der Waals surface area contributed by atoms with E-state index in [-0.39, 0.29) is 0 Å². The molecule has 0 aromatic heterocycles. The third kappa shape index (κ3) is 3.71. The Balaban J connectivity index is 1.43. The number of hydrogen-bond acceptors (Lipinski definition) is 3. The highest BCUT2D eigenvalue weighted by Gasteiger charge is 2.13. The molecule has 0 saturated carbocycles. The molecule has 1 aliphatic rings. The number of benzene rings is 2. The zero-order valence-corrected chi connectivity index (χ0v) is 12.9. The summed E-state index contributed by atoms with van der Waals surface area (Å²) in [4.78, 5) is 0. The lowest BCUT2D eigenvalue weighted by Crippen LogP contribution is -2.83. The first-order valence-corrected chi connectivity index (χ1v) is 7.77. The Hall–Kier alpha value is -2.20. The van der Waals surface area contributed by atoms with Crippen molar-refractivity contribution in [2.45, 2.75) is 19.9 Å². The Bertz CT molecular complexity index is 610. The van der Waals surface area contributed by atoms with Crippen molar-refractivity contribution in [1.29, 1.82) is 0 Å². The van der Waals surface area contributed by atoms with E-state index >= 15 is 0 Å². The zero-order valence-electron chi connectivity index (χ0n) is 12.9. The first-order valence-electron chi connectivity index (χ1n) is 7.77. The molecule has 0 fully saturated rings. The summed E-state index contributed by atoms with van der Waals surface area (Å²) < 4.78 is 16.2. The van der Waals surface area contributed by atoms with Gasteiger partial charge in [-0.25, -0.2) is 0 Å². The van der Waals surface area contributed by atoms with Gasteiger partial charge in [-0.2, -0.15) is 0 Å². The fourth-order valence-electron chi connectivity index (χ4n) is 2.52. The zero-order chi connectivity index (χ0) is 15.2. The fourth-order valence-corrected chi connectivity index (χ4v) is 2.52. The fraction of sp³-hybridized carbons (Fsp3) is 0.333. The molecule has 2 aromatic carbocycles. The van der Waals surface area contributed by atoms with Crippen LogP contribution >= 0.6 is 0 Å². The van der Waals surface area contributed by atoms with Gasteiger partial charge < -0.3 is 19.5 Å². The average molecular weight is 300 g/mol. The van der Waals surface area contributed by atoms with Crippen LogP contribution in [0.25, 0.3) is 0 Å². The number of nitrogens with two attached hydrogens (primary N) is 1. The van der Waals surface area contributed by atoms with E-state index in [0.717, 1.165) is 36.8 Å². The van der Waals surface area contributed by atoms with Crippen LogP contribution in [0.2, 0.25) is 0 Å². The van der Waals surface area contributed by atoms with Crippen LogP contribution in [0.4, 0.5) is 0 Å². The molecule has 0 saturated heterocycles. The third-order valence-corrected chi connectivity index (χ3v) is 3.69. The Morgan fingerprint density at radius 1 is 1.00 bits per heavy atom. The van der Waals surface area contributed by atoms with E-state index in [1.54, 1.807) is 0 Å². The number of hydrogen-bond donors (Lipinski definition) is 1. The van der Waals surface area contributed by atoms with E-state index in [1.807, 2.05) is 25.1 Å². The second-order valence-electron chi connectivity index (χ2n) is 5.30. The largest absolute Gasteiger partial charge is 0.494 e. The van der Waals surface area contributed by atoms with E-state index in [4.69, 9.17) is 14.2 Å². The van der Waals surface area contributed by atoms with Gasteiger partial charge in [0.2, 0.25) is 6.79 Å². The molecule has 2 aromatic rings. The van der Waals surface area contributed by atoms with Crippen LogP contribution in [-0.4, -0.2) is 19.9 Å². The van der Waals surface area contributed by atoms with Crippen LogP contribution in [0.15, 0.2) is 42.5 Å². The van der Waals surface area contributed by atoms with Crippen LogP contribution in [0, 0.1) is 0 Å². The van der Waals surface area contributed by atoms with Gasteiger partial charge in [-0.15, -0.1) is 0 Å². The van der Waals surface area contributed by atoms with Crippen molar-refractivity contribution in [3.8, 4) is 17.2 Å². The van der Waals surface area contributed by atoms with Crippen molar-refractivity contribution < 1.29 is 19.5 Å². The second kappa shape index (κ2) is 7.18. The van der Waals surface area contributed by atoms with E-state index in [9.17, 15) is 0 Å². The molecule has 0 atom stereocenters. The van der Waals surface area contributed by atoms with Crippen molar-refractivity contribution in [2.75, 3.05) is 19.9 Å². The molecule has 2 N–H and O–H groups in total. The quantitative estimate of drug-likeness (QED) is 0.797. The monoisotopic (exact) mass is 300 g/mol. The van der Waals surface area contributed by atoms with Crippen LogP contribution < -0.4 is 19.5 Å². The summed E-state index contributed by atoms with van der Waals surface area (Å²) >= 11 is 0. The first kappa shape index (κ1) is 14.7. The summed E-state index contributed by atoms with van der Waals surface area (Å²) in [6, 6.07) is 14.5. The highest BCUT2D eigenvalue weighted by atomic mass is 16.7. The molecule has 1 aliphatic heterocycles. The van der Waals surface area contributed by atoms with Crippen LogP contribution in [0.3, 0.4) is 0 Å². The van der Waals surface area contributed by atoms with Gasteiger partial charge in [0.05, 0.1) is 13.2 Å². The number of quaternary nitrogens is 1. The molecule has 3 rings (SSSR count). The Morgan fingerprint density at radius 3 is 2.59 bits per heavy atom. The third-order valence-electron chi connectivity index (χ3n) is 3.69. The van der Waals surface area contributed by atoms with E-state index in [2.05, 4.69) is 29.6 Å². The van der Waals surface area contributed by atoms with Crippen molar-refractivity contribution in [2.24, 2.45) is 0 Å². The van der Waals surface area contributed by atoms with Crippen LogP contribution in [-0.2, 0) is 13.0 Å². The highest BCUT2D eigenvalue weighted by Crippen LogP contribution is 2.32.